The molecule has 0 spiro atoms. The van der Waals surface area contributed by atoms with Crippen LogP contribution in [0.25, 0.3) is 0 Å². The van der Waals surface area contributed by atoms with Crippen molar-refractivity contribution < 1.29 is 5.11 Å². The Morgan fingerprint density at radius 3 is 2.77 bits per heavy atom. The third-order valence-electron chi connectivity index (χ3n) is 3.01. The molecule has 1 saturated carbocycles. The summed E-state index contributed by atoms with van der Waals surface area (Å²) in [6.07, 6.45) is 2.33. The summed E-state index contributed by atoms with van der Waals surface area (Å²) < 4.78 is 0. The molecule has 0 bridgehead atoms. The zero-order valence-electron chi connectivity index (χ0n) is 8.03. The van der Waals surface area contributed by atoms with E-state index in [4.69, 9.17) is 5.11 Å². The molecule has 0 aromatic heterocycles. The zero-order valence-corrected chi connectivity index (χ0v) is 8.03. The predicted molar refractivity (Wildman–Crippen MR) is 53.7 cm³/mol. The quantitative estimate of drug-likeness (QED) is 0.734. The summed E-state index contributed by atoms with van der Waals surface area (Å²) in [6.45, 7) is 2.49. The van der Waals surface area contributed by atoms with Gasteiger partial charge in [-0.05, 0) is 37.2 Å². The SMILES string of the molecule is Cc1cccc(C2CC(CO)C2)c1. The van der Waals surface area contributed by atoms with Crippen molar-refractivity contribution in [2.75, 3.05) is 6.61 Å². The summed E-state index contributed by atoms with van der Waals surface area (Å²) in [5, 5.41) is 8.91. The first-order valence-electron chi connectivity index (χ1n) is 4.97. The third kappa shape index (κ3) is 1.75. The maximum atomic E-state index is 8.91. The van der Waals surface area contributed by atoms with E-state index in [1.807, 2.05) is 0 Å². The van der Waals surface area contributed by atoms with E-state index in [0.717, 1.165) is 0 Å². The molecule has 1 aliphatic carbocycles. The summed E-state index contributed by atoms with van der Waals surface area (Å²) in [4.78, 5) is 0. The van der Waals surface area contributed by atoms with E-state index in [-0.39, 0.29) is 0 Å². The smallest absolute Gasteiger partial charge is 0.0459 e. The van der Waals surface area contributed by atoms with E-state index >= 15 is 0 Å². The average molecular weight is 176 g/mol. The number of hydrogen-bond acceptors (Lipinski definition) is 1. The topological polar surface area (TPSA) is 20.2 Å². The van der Waals surface area contributed by atoms with Crippen LogP contribution in [-0.2, 0) is 0 Å². The summed E-state index contributed by atoms with van der Waals surface area (Å²) in [5.74, 6) is 1.27. The lowest BCUT2D eigenvalue weighted by Gasteiger charge is -2.34. The average Bonchev–Trinajstić information content (AvgIpc) is 2.02. The second-order valence-corrected chi connectivity index (χ2v) is 4.13. The lowest BCUT2D eigenvalue weighted by Crippen LogP contribution is -2.24. The number of benzene rings is 1. The Bertz CT molecular complexity index is 287. The summed E-state index contributed by atoms with van der Waals surface area (Å²) in [7, 11) is 0. The fourth-order valence-electron chi connectivity index (χ4n) is 2.08. The summed E-state index contributed by atoms with van der Waals surface area (Å²) in [5.41, 5.74) is 2.79. The van der Waals surface area contributed by atoms with Crippen LogP contribution in [-0.4, -0.2) is 11.7 Å². The first-order valence-corrected chi connectivity index (χ1v) is 4.97. The molecule has 1 N–H and O–H groups in total. The highest BCUT2D eigenvalue weighted by molar-refractivity contribution is 5.27. The molecule has 1 nitrogen and oxygen atoms in total. The van der Waals surface area contributed by atoms with Crippen LogP contribution in [0.15, 0.2) is 24.3 Å². The van der Waals surface area contributed by atoms with Gasteiger partial charge < -0.3 is 5.11 Å². The van der Waals surface area contributed by atoms with E-state index < -0.39 is 0 Å². The largest absolute Gasteiger partial charge is 0.396 e. The van der Waals surface area contributed by atoms with Gasteiger partial charge in [0.1, 0.15) is 0 Å². The van der Waals surface area contributed by atoms with Crippen molar-refractivity contribution >= 4 is 0 Å². The maximum absolute atomic E-state index is 8.91. The third-order valence-corrected chi connectivity index (χ3v) is 3.01. The monoisotopic (exact) mass is 176 g/mol. The summed E-state index contributed by atoms with van der Waals surface area (Å²) in [6, 6.07) is 8.71. The first kappa shape index (κ1) is 8.76. The number of hydrogen-bond donors (Lipinski definition) is 1. The molecule has 1 heteroatoms. The number of aliphatic hydroxyl groups is 1. The minimum Gasteiger partial charge on any atom is -0.396 e. The minimum atomic E-state index is 0.363. The molecule has 13 heavy (non-hydrogen) atoms. The van der Waals surface area contributed by atoms with Gasteiger partial charge in [0.2, 0.25) is 0 Å². The fraction of sp³-hybridized carbons (Fsp3) is 0.500. The molecule has 0 aliphatic heterocycles. The predicted octanol–water partition coefficient (Wildman–Crippen LogP) is 2.48. The maximum Gasteiger partial charge on any atom is 0.0459 e. The molecule has 0 saturated heterocycles. The van der Waals surface area contributed by atoms with Gasteiger partial charge in [-0.25, -0.2) is 0 Å². The Kier molecular flexibility index (Phi) is 2.36. The van der Waals surface area contributed by atoms with Crippen molar-refractivity contribution in [1.82, 2.24) is 0 Å². The molecule has 70 valence electrons. The van der Waals surface area contributed by atoms with E-state index in [9.17, 15) is 0 Å². The molecule has 0 heterocycles. The molecular weight excluding hydrogens is 160 g/mol. The van der Waals surface area contributed by atoms with E-state index in [1.54, 1.807) is 0 Å². The van der Waals surface area contributed by atoms with Crippen LogP contribution >= 0.6 is 0 Å². The van der Waals surface area contributed by atoms with Crippen molar-refractivity contribution in [3.05, 3.63) is 35.4 Å². The molecular formula is C12H16O. The highest BCUT2D eigenvalue weighted by Crippen LogP contribution is 2.41. The normalized spacial score (nSPS) is 26.9. The van der Waals surface area contributed by atoms with Gasteiger partial charge in [0, 0.05) is 6.61 Å². The van der Waals surface area contributed by atoms with Crippen molar-refractivity contribution in [2.24, 2.45) is 5.92 Å². The zero-order chi connectivity index (χ0) is 9.26. The van der Waals surface area contributed by atoms with Crippen molar-refractivity contribution in [1.29, 1.82) is 0 Å². The van der Waals surface area contributed by atoms with Crippen LogP contribution in [0, 0.1) is 12.8 Å². The highest BCUT2D eigenvalue weighted by Gasteiger charge is 2.29. The molecule has 0 radical (unpaired) electrons. The van der Waals surface area contributed by atoms with E-state index in [2.05, 4.69) is 31.2 Å². The van der Waals surface area contributed by atoms with Crippen LogP contribution in [0.5, 0.6) is 0 Å². The van der Waals surface area contributed by atoms with E-state index in [1.165, 1.54) is 24.0 Å². The van der Waals surface area contributed by atoms with Gasteiger partial charge in [-0.2, -0.15) is 0 Å². The Morgan fingerprint density at radius 1 is 1.38 bits per heavy atom. The van der Waals surface area contributed by atoms with Crippen LogP contribution in [0.2, 0.25) is 0 Å². The van der Waals surface area contributed by atoms with Crippen LogP contribution in [0.4, 0.5) is 0 Å². The van der Waals surface area contributed by atoms with Crippen molar-refractivity contribution in [2.45, 2.75) is 25.7 Å². The Morgan fingerprint density at radius 2 is 2.15 bits per heavy atom. The second-order valence-electron chi connectivity index (χ2n) is 4.13. The number of aliphatic hydroxyl groups excluding tert-OH is 1. The first-order chi connectivity index (χ1) is 6.29. The Labute approximate surface area is 79.4 Å². The van der Waals surface area contributed by atoms with Gasteiger partial charge in [-0.1, -0.05) is 29.8 Å². The van der Waals surface area contributed by atoms with E-state index in [0.29, 0.717) is 18.4 Å². The Hall–Kier alpha value is -0.820. The molecule has 0 amide bonds. The van der Waals surface area contributed by atoms with Crippen LogP contribution in [0.1, 0.15) is 29.9 Å². The number of rotatable bonds is 2. The molecule has 1 aromatic carbocycles. The fourth-order valence-corrected chi connectivity index (χ4v) is 2.08. The molecule has 1 fully saturated rings. The molecule has 2 rings (SSSR count). The van der Waals surface area contributed by atoms with Crippen LogP contribution in [0.3, 0.4) is 0 Å². The molecule has 1 aromatic rings. The second kappa shape index (κ2) is 3.51. The number of aryl methyl sites for hydroxylation is 1. The lowest BCUT2D eigenvalue weighted by molar-refractivity contribution is 0.142. The standard InChI is InChI=1S/C12H16O/c1-9-3-2-4-11(5-9)12-6-10(7-12)8-13/h2-5,10,12-13H,6-8H2,1H3. The van der Waals surface area contributed by atoms with Gasteiger partial charge in [-0.3, -0.25) is 0 Å². The van der Waals surface area contributed by atoms with Gasteiger partial charge >= 0.3 is 0 Å². The van der Waals surface area contributed by atoms with Gasteiger partial charge in [0.25, 0.3) is 0 Å². The van der Waals surface area contributed by atoms with Gasteiger partial charge in [0.05, 0.1) is 0 Å². The lowest BCUT2D eigenvalue weighted by atomic mass is 9.72. The molecule has 0 atom stereocenters. The molecule has 0 unspecified atom stereocenters. The van der Waals surface area contributed by atoms with Crippen LogP contribution < -0.4 is 0 Å². The Balaban J connectivity index is 2.03. The molecule has 1 aliphatic rings. The highest BCUT2D eigenvalue weighted by atomic mass is 16.3. The summed E-state index contributed by atoms with van der Waals surface area (Å²) >= 11 is 0. The van der Waals surface area contributed by atoms with Gasteiger partial charge in [0.15, 0.2) is 0 Å². The van der Waals surface area contributed by atoms with Gasteiger partial charge in [-0.15, -0.1) is 0 Å². The minimum absolute atomic E-state index is 0.363. The van der Waals surface area contributed by atoms with Crippen molar-refractivity contribution in [3.63, 3.8) is 0 Å². The van der Waals surface area contributed by atoms with Crippen molar-refractivity contribution in [3.8, 4) is 0 Å².